The van der Waals surface area contributed by atoms with E-state index in [0.717, 1.165) is 25.9 Å². The Morgan fingerprint density at radius 1 is 1.02 bits per heavy atom. The average Bonchev–Trinajstić information content (AvgIpc) is 3.48. The number of ether oxygens (including phenoxy) is 2. The molecule has 3 aromatic carbocycles. The number of aromatic nitrogens is 1. The predicted molar refractivity (Wildman–Crippen MR) is 165 cm³/mol. The summed E-state index contributed by atoms with van der Waals surface area (Å²) in [6.45, 7) is 2.51. The van der Waals surface area contributed by atoms with Gasteiger partial charge in [0.25, 0.3) is 5.69 Å². The van der Waals surface area contributed by atoms with Crippen molar-refractivity contribution in [2.24, 2.45) is 0 Å². The average molecular weight is 582 g/mol. The molecule has 1 aromatic heterocycles. The van der Waals surface area contributed by atoms with E-state index < -0.39 is 11.0 Å². The summed E-state index contributed by atoms with van der Waals surface area (Å²) in [6, 6.07) is 27.1. The molecule has 4 aromatic rings. The van der Waals surface area contributed by atoms with E-state index in [9.17, 15) is 15.2 Å². The van der Waals surface area contributed by atoms with Crippen LogP contribution in [0.15, 0.2) is 95.0 Å². The van der Waals surface area contributed by atoms with Crippen molar-refractivity contribution in [1.29, 1.82) is 0 Å². The first kappa shape index (κ1) is 29.9. The monoisotopic (exact) mass is 581 g/mol. The summed E-state index contributed by atoms with van der Waals surface area (Å²) in [7, 11) is 1.57. The maximum atomic E-state index is 11.4. The molecule has 222 valence electrons. The largest absolute Gasteiger partial charge is 0.490 e. The van der Waals surface area contributed by atoms with Gasteiger partial charge < -0.3 is 19.1 Å². The minimum atomic E-state index is -0.730. The number of likely N-dealkylation sites (tertiary alicyclic amines) is 1. The Morgan fingerprint density at radius 3 is 2.33 bits per heavy atom. The lowest BCUT2D eigenvalue weighted by atomic mass is 9.88. The second-order valence-corrected chi connectivity index (χ2v) is 10.4. The van der Waals surface area contributed by atoms with Crippen molar-refractivity contribution in [2.75, 3.05) is 33.4 Å². The minimum absolute atomic E-state index is 0.0530. The Bertz CT molecular complexity index is 1510. The third-order valence-electron chi connectivity index (χ3n) is 7.34. The summed E-state index contributed by atoms with van der Waals surface area (Å²) in [6.07, 6.45) is 4.43. The third-order valence-corrected chi connectivity index (χ3v) is 7.34. The van der Waals surface area contributed by atoms with Crippen molar-refractivity contribution < 1.29 is 24.0 Å². The third kappa shape index (κ3) is 8.04. The molecule has 0 bridgehead atoms. The number of nitro benzene ring substituents is 1. The first-order chi connectivity index (χ1) is 21.0. The second kappa shape index (κ2) is 14.6. The number of aliphatic hydroxyl groups excluding tert-OH is 1. The van der Waals surface area contributed by atoms with Gasteiger partial charge >= 0.3 is 0 Å². The van der Waals surface area contributed by atoms with Crippen LogP contribution in [-0.2, 0) is 11.3 Å². The van der Waals surface area contributed by atoms with Crippen LogP contribution in [0.25, 0.3) is 17.7 Å². The van der Waals surface area contributed by atoms with E-state index in [0.29, 0.717) is 35.9 Å². The Hall–Kier alpha value is -4.57. The number of hydrogen-bond acceptors (Lipinski definition) is 8. The Balaban J connectivity index is 1.21. The van der Waals surface area contributed by atoms with Crippen molar-refractivity contribution in [2.45, 2.75) is 25.6 Å². The molecule has 0 aliphatic carbocycles. The summed E-state index contributed by atoms with van der Waals surface area (Å²) < 4.78 is 16.3. The topological polar surface area (TPSA) is 111 Å². The van der Waals surface area contributed by atoms with E-state index in [-0.39, 0.29) is 12.3 Å². The number of nitrogens with zero attached hydrogens (tertiary/aromatic N) is 3. The van der Waals surface area contributed by atoms with Gasteiger partial charge in [-0.1, -0.05) is 71.4 Å². The number of piperidine rings is 1. The molecule has 0 radical (unpaired) electrons. The van der Waals surface area contributed by atoms with Crippen LogP contribution in [0.3, 0.4) is 0 Å². The van der Waals surface area contributed by atoms with E-state index in [1.807, 2.05) is 12.1 Å². The van der Waals surface area contributed by atoms with Crippen molar-refractivity contribution in [3.05, 3.63) is 129 Å². The summed E-state index contributed by atoms with van der Waals surface area (Å²) in [5, 5.41) is 26.1. The molecule has 1 saturated heterocycles. The van der Waals surface area contributed by atoms with Gasteiger partial charge in [0.15, 0.2) is 5.76 Å². The Kier molecular flexibility index (Phi) is 10.1. The smallest absolute Gasteiger partial charge is 0.270 e. The van der Waals surface area contributed by atoms with Crippen molar-refractivity contribution in [3.63, 3.8) is 0 Å². The maximum absolute atomic E-state index is 11.4. The van der Waals surface area contributed by atoms with Crippen LogP contribution >= 0.6 is 0 Å². The molecule has 9 heteroatoms. The summed E-state index contributed by atoms with van der Waals surface area (Å²) >= 11 is 0. The normalized spacial score (nSPS) is 14.6. The molecular weight excluding hydrogens is 546 g/mol. The molecule has 0 amide bonds. The molecular formula is C34H35N3O6. The molecule has 2 heterocycles. The number of benzene rings is 3. The lowest BCUT2D eigenvalue weighted by molar-refractivity contribution is -0.384. The van der Waals surface area contributed by atoms with Crippen molar-refractivity contribution in [1.82, 2.24) is 10.1 Å². The van der Waals surface area contributed by atoms with E-state index in [1.165, 1.54) is 34.4 Å². The molecule has 0 spiro atoms. The minimum Gasteiger partial charge on any atom is -0.490 e. The number of non-ortho nitro benzene ring substituents is 1. The lowest BCUT2D eigenvalue weighted by Gasteiger charge is -2.31. The molecule has 5 rings (SSSR count). The highest BCUT2D eigenvalue weighted by Gasteiger charge is 2.21. The molecule has 1 unspecified atom stereocenters. The first-order valence-corrected chi connectivity index (χ1v) is 14.3. The fraction of sp³-hybridized carbons (Fsp3) is 0.265. The molecule has 1 fully saturated rings. The van der Waals surface area contributed by atoms with Crippen LogP contribution in [0, 0.1) is 10.1 Å². The van der Waals surface area contributed by atoms with Crippen LogP contribution < -0.4 is 4.74 Å². The summed E-state index contributed by atoms with van der Waals surface area (Å²) in [5.41, 5.74) is 6.22. The van der Waals surface area contributed by atoms with Gasteiger partial charge in [-0.3, -0.25) is 15.0 Å². The van der Waals surface area contributed by atoms with E-state index in [4.69, 9.17) is 14.0 Å². The molecule has 1 atom stereocenters. The zero-order valence-electron chi connectivity index (χ0n) is 24.1. The lowest BCUT2D eigenvalue weighted by Crippen LogP contribution is -2.39. The summed E-state index contributed by atoms with van der Waals surface area (Å²) in [4.78, 5) is 13.2. The SMILES string of the molecule is COCc1cc(C=Cc2cc([N+](=O)[O-])ccc2OCC(O)CN2CCC(=C(c3ccccc3)c3ccccc3)CC2)on1. The van der Waals surface area contributed by atoms with Crippen LogP contribution in [0.1, 0.15) is 41.0 Å². The van der Waals surface area contributed by atoms with E-state index >= 15 is 0 Å². The first-order valence-electron chi connectivity index (χ1n) is 14.3. The number of nitro groups is 1. The zero-order chi connectivity index (χ0) is 30.0. The standard InChI is InChI=1S/C34H35N3O6/c1-41-23-29-21-32(43-35-29)14-12-28-20-30(37(39)40)13-15-33(28)42-24-31(38)22-36-18-16-27(17-19-36)34(25-8-4-2-5-9-25)26-10-6-3-7-11-26/h2-15,20-21,31,38H,16-19,22-24H2,1H3. The molecule has 1 N–H and O–H groups in total. The van der Waals surface area contributed by atoms with Gasteiger partial charge in [0.2, 0.25) is 0 Å². The number of methoxy groups -OCH3 is 1. The molecule has 9 nitrogen and oxygen atoms in total. The van der Waals surface area contributed by atoms with Gasteiger partial charge in [-0.25, -0.2) is 0 Å². The number of rotatable bonds is 12. The van der Waals surface area contributed by atoms with E-state index in [2.05, 4.69) is 58.6 Å². The highest BCUT2D eigenvalue weighted by molar-refractivity contribution is 5.82. The molecule has 43 heavy (non-hydrogen) atoms. The summed E-state index contributed by atoms with van der Waals surface area (Å²) in [5.74, 6) is 0.905. The predicted octanol–water partition coefficient (Wildman–Crippen LogP) is 6.24. The quantitative estimate of drug-likeness (QED) is 0.155. The van der Waals surface area contributed by atoms with Crippen LogP contribution in [0.2, 0.25) is 0 Å². The van der Waals surface area contributed by atoms with Crippen LogP contribution in [-0.4, -0.2) is 59.5 Å². The second-order valence-electron chi connectivity index (χ2n) is 10.4. The number of aliphatic hydroxyl groups is 1. The van der Waals surface area contributed by atoms with E-state index in [1.54, 1.807) is 31.4 Å². The molecule has 1 aliphatic heterocycles. The molecule has 0 saturated carbocycles. The number of β-amino-alcohol motifs (C(OH)–C–C–N with tert-alkyl or cyclic N) is 1. The Labute approximate surface area is 250 Å². The zero-order valence-corrected chi connectivity index (χ0v) is 24.1. The van der Waals surface area contributed by atoms with Crippen LogP contribution in [0.5, 0.6) is 5.75 Å². The fourth-order valence-electron chi connectivity index (χ4n) is 5.28. The maximum Gasteiger partial charge on any atom is 0.270 e. The van der Waals surface area contributed by atoms with Gasteiger partial charge in [0.05, 0.1) is 11.5 Å². The van der Waals surface area contributed by atoms with Gasteiger partial charge in [-0.15, -0.1) is 0 Å². The van der Waals surface area contributed by atoms with Crippen molar-refractivity contribution in [3.8, 4) is 5.75 Å². The van der Waals surface area contributed by atoms with Gasteiger partial charge in [0.1, 0.15) is 24.2 Å². The Morgan fingerprint density at radius 2 is 1.70 bits per heavy atom. The highest BCUT2D eigenvalue weighted by Crippen LogP contribution is 2.32. The number of hydrogen-bond donors (Lipinski definition) is 1. The van der Waals surface area contributed by atoms with Gasteiger partial charge in [-0.2, -0.15) is 0 Å². The fourth-order valence-corrected chi connectivity index (χ4v) is 5.28. The van der Waals surface area contributed by atoms with Crippen molar-refractivity contribution >= 4 is 23.4 Å². The van der Waals surface area contributed by atoms with Crippen LogP contribution in [0.4, 0.5) is 5.69 Å². The van der Waals surface area contributed by atoms with Gasteiger partial charge in [0, 0.05) is 50.5 Å². The highest BCUT2D eigenvalue weighted by atomic mass is 16.6. The molecule has 1 aliphatic rings. The van der Waals surface area contributed by atoms with Gasteiger partial charge in [-0.05, 0) is 47.8 Å².